The van der Waals surface area contributed by atoms with Crippen LogP contribution < -0.4 is 0 Å². The Hall–Kier alpha value is -1.91. The van der Waals surface area contributed by atoms with E-state index in [1.807, 2.05) is 28.9 Å². The molecule has 0 atom stereocenters. The maximum absolute atomic E-state index is 13.2. The average Bonchev–Trinajstić information content (AvgIpc) is 3.53. The van der Waals surface area contributed by atoms with E-state index in [4.69, 9.17) is 4.98 Å². The fourth-order valence-electron chi connectivity index (χ4n) is 4.41. The van der Waals surface area contributed by atoms with E-state index in [-0.39, 0.29) is 17.7 Å². The molecule has 4 rings (SSSR count). The Morgan fingerprint density at radius 3 is 2.19 bits per heavy atom. The second-order valence-corrected chi connectivity index (χ2v) is 8.73. The number of aromatic nitrogens is 1. The van der Waals surface area contributed by atoms with Gasteiger partial charge in [0.15, 0.2) is 0 Å². The average molecular weight is 370 g/mol. The molecule has 2 saturated heterocycles. The summed E-state index contributed by atoms with van der Waals surface area (Å²) in [5.74, 6) is 1.75. The topological polar surface area (TPSA) is 53.5 Å². The van der Waals surface area contributed by atoms with E-state index < -0.39 is 0 Å². The van der Waals surface area contributed by atoms with Gasteiger partial charge in [0.25, 0.3) is 5.91 Å². The molecule has 0 aromatic carbocycles. The lowest BCUT2D eigenvalue weighted by Gasteiger charge is -2.34. The maximum Gasteiger partial charge on any atom is 0.255 e. The third kappa shape index (κ3) is 4.02. The van der Waals surface area contributed by atoms with Crippen LogP contribution >= 0.6 is 0 Å². The molecule has 1 saturated carbocycles. The Morgan fingerprint density at radius 1 is 0.926 bits per heavy atom. The van der Waals surface area contributed by atoms with Crippen molar-refractivity contribution >= 4 is 11.8 Å². The molecule has 1 aromatic heterocycles. The van der Waals surface area contributed by atoms with E-state index in [1.165, 1.54) is 0 Å². The summed E-state index contributed by atoms with van der Waals surface area (Å²) >= 11 is 0. The second kappa shape index (κ2) is 7.61. The van der Waals surface area contributed by atoms with Gasteiger partial charge in [0.05, 0.1) is 11.3 Å². The van der Waals surface area contributed by atoms with Crippen molar-refractivity contribution in [2.24, 2.45) is 11.8 Å². The third-order valence-corrected chi connectivity index (χ3v) is 6.49. The first kappa shape index (κ1) is 18.5. The summed E-state index contributed by atoms with van der Waals surface area (Å²) in [6.07, 6.45) is 6.11. The smallest absolute Gasteiger partial charge is 0.255 e. The zero-order valence-corrected chi connectivity index (χ0v) is 16.6. The number of rotatable bonds is 3. The van der Waals surface area contributed by atoms with Crippen LogP contribution in [0.2, 0.25) is 0 Å². The molecule has 27 heavy (non-hydrogen) atoms. The van der Waals surface area contributed by atoms with Gasteiger partial charge in [-0.1, -0.05) is 6.92 Å². The van der Waals surface area contributed by atoms with Crippen molar-refractivity contribution in [2.45, 2.75) is 58.3 Å². The second-order valence-electron chi connectivity index (χ2n) is 8.73. The summed E-state index contributed by atoms with van der Waals surface area (Å²) < 4.78 is 0. The van der Waals surface area contributed by atoms with Crippen molar-refractivity contribution < 1.29 is 9.59 Å². The lowest BCUT2D eigenvalue weighted by atomic mass is 9.89. The predicted octanol–water partition coefficient (Wildman–Crippen LogP) is 3.38. The Morgan fingerprint density at radius 2 is 1.56 bits per heavy atom. The standard InChI is InChI=1S/C22H31N3O2/c1-15-7-11-25(12-8-15)22(27)19-6-3-16(2)23-20(19)17-9-13-24(14-10-17)21(26)18-4-5-18/h3,6,15,17-18H,4-5,7-14H2,1-2H3. The number of likely N-dealkylation sites (tertiary alicyclic amines) is 2. The zero-order valence-electron chi connectivity index (χ0n) is 16.6. The molecule has 1 aromatic rings. The van der Waals surface area contributed by atoms with E-state index >= 15 is 0 Å². The van der Waals surface area contributed by atoms with Gasteiger partial charge in [0, 0.05) is 43.7 Å². The molecule has 0 unspecified atom stereocenters. The molecule has 0 N–H and O–H groups in total. The van der Waals surface area contributed by atoms with Gasteiger partial charge in [-0.05, 0) is 63.5 Å². The molecule has 0 bridgehead atoms. The van der Waals surface area contributed by atoms with Gasteiger partial charge < -0.3 is 9.80 Å². The van der Waals surface area contributed by atoms with Crippen molar-refractivity contribution in [3.63, 3.8) is 0 Å². The first-order valence-electron chi connectivity index (χ1n) is 10.6. The molecule has 3 aliphatic rings. The van der Waals surface area contributed by atoms with E-state index in [0.717, 1.165) is 81.7 Å². The van der Waals surface area contributed by atoms with Crippen LogP contribution in [0.4, 0.5) is 0 Å². The number of hydrogen-bond acceptors (Lipinski definition) is 3. The van der Waals surface area contributed by atoms with Crippen LogP contribution in [0, 0.1) is 18.8 Å². The van der Waals surface area contributed by atoms with Gasteiger partial charge in [-0.15, -0.1) is 0 Å². The monoisotopic (exact) mass is 369 g/mol. The van der Waals surface area contributed by atoms with Crippen molar-refractivity contribution in [1.29, 1.82) is 0 Å². The lowest BCUT2D eigenvalue weighted by Crippen LogP contribution is -2.40. The fourth-order valence-corrected chi connectivity index (χ4v) is 4.41. The van der Waals surface area contributed by atoms with Gasteiger partial charge in [0.2, 0.25) is 5.91 Å². The quantitative estimate of drug-likeness (QED) is 0.821. The largest absolute Gasteiger partial charge is 0.342 e. The van der Waals surface area contributed by atoms with E-state index in [1.54, 1.807) is 0 Å². The first-order valence-corrected chi connectivity index (χ1v) is 10.6. The van der Waals surface area contributed by atoms with Crippen molar-refractivity contribution in [3.8, 4) is 0 Å². The minimum atomic E-state index is 0.140. The van der Waals surface area contributed by atoms with E-state index in [9.17, 15) is 9.59 Å². The molecule has 146 valence electrons. The van der Waals surface area contributed by atoms with Crippen molar-refractivity contribution in [1.82, 2.24) is 14.8 Å². The van der Waals surface area contributed by atoms with Crippen LogP contribution in [0.15, 0.2) is 12.1 Å². The zero-order chi connectivity index (χ0) is 19.0. The van der Waals surface area contributed by atoms with Crippen LogP contribution in [0.3, 0.4) is 0 Å². The molecule has 1 aliphatic carbocycles. The fraction of sp³-hybridized carbons (Fsp3) is 0.682. The number of carbonyl (C=O) groups excluding carboxylic acids is 2. The molecule has 0 spiro atoms. The molecule has 5 nitrogen and oxygen atoms in total. The number of nitrogens with zero attached hydrogens (tertiary/aromatic N) is 3. The maximum atomic E-state index is 13.2. The Kier molecular flexibility index (Phi) is 5.20. The van der Waals surface area contributed by atoms with Crippen LogP contribution in [-0.4, -0.2) is 52.8 Å². The van der Waals surface area contributed by atoms with Crippen LogP contribution in [0.5, 0.6) is 0 Å². The van der Waals surface area contributed by atoms with Gasteiger partial charge in [0.1, 0.15) is 0 Å². The van der Waals surface area contributed by atoms with Gasteiger partial charge in [-0.2, -0.15) is 0 Å². The number of aryl methyl sites for hydroxylation is 1. The number of carbonyl (C=O) groups is 2. The molecule has 0 radical (unpaired) electrons. The molecule has 5 heteroatoms. The Labute approximate surface area is 162 Å². The first-order chi connectivity index (χ1) is 13.0. The minimum Gasteiger partial charge on any atom is -0.342 e. The van der Waals surface area contributed by atoms with E-state index in [0.29, 0.717) is 11.8 Å². The Balaban J connectivity index is 1.48. The van der Waals surface area contributed by atoms with Gasteiger partial charge >= 0.3 is 0 Å². The summed E-state index contributed by atoms with van der Waals surface area (Å²) in [6, 6.07) is 3.93. The summed E-state index contributed by atoms with van der Waals surface area (Å²) in [6.45, 7) is 7.54. The predicted molar refractivity (Wildman–Crippen MR) is 105 cm³/mol. The number of amides is 2. The highest BCUT2D eigenvalue weighted by molar-refractivity contribution is 5.95. The molecule has 3 fully saturated rings. The highest BCUT2D eigenvalue weighted by atomic mass is 16.2. The van der Waals surface area contributed by atoms with Crippen molar-refractivity contribution in [3.05, 3.63) is 29.1 Å². The minimum absolute atomic E-state index is 0.140. The van der Waals surface area contributed by atoms with Crippen molar-refractivity contribution in [2.75, 3.05) is 26.2 Å². The molecule has 3 heterocycles. The molecule has 2 aliphatic heterocycles. The summed E-state index contributed by atoms with van der Waals surface area (Å²) in [4.78, 5) is 34.3. The SMILES string of the molecule is Cc1ccc(C(=O)N2CCC(C)CC2)c(C2CCN(C(=O)C3CC3)CC2)n1. The number of pyridine rings is 1. The van der Waals surface area contributed by atoms with Crippen LogP contribution in [0.1, 0.15) is 73.1 Å². The Bertz CT molecular complexity index is 712. The summed E-state index contributed by atoms with van der Waals surface area (Å²) in [7, 11) is 0. The molecular weight excluding hydrogens is 338 g/mol. The van der Waals surface area contributed by atoms with Gasteiger partial charge in [-0.25, -0.2) is 0 Å². The summed E-state index contributed by atoms with van der Waals surface area (Å²) in [5.41, 5.74) is 2.70. The number of piperidine rings is 2. The summed E-state index contributed by atoms with van der Waals surface area (Å²) in [5, 5.41) is 0. The van der Waals surface area contributed by atoms with Gasteiger partial charge in [-0.3, -0.25) is 14.6 Å². The third-order valence-electron chi connectivity index (χ3n) is 6.49. The highest BCUT2D eigenvalue weighted by Crippen LogP contribution is 2.35. The molecule has 2 amide bonds. The van der Waals surface area contributed by atoms with Crippen LogP contribution in [0.25, 0.3) is 0 Å². The lowest BCUT2D eigenvalue weighted by molar-refractivity contribution is -0.133. The highest BCUT2D eigenvalue weighted by Gasteiger charge is 2.36. The van der Waals surface area contributed by atoms with Crippen LogP contribution in [-0.2, 0) is 4.79 Å². The van der Waals surface area contributed by atoms with E-state index in [2.05, 4.69) is 6.92 Å². The number of hydrogen-bond donors (Lipinski definition) is 0. The molecular formula is C22H31N3O2. The normalized spacial score (nSPS) is 22.1.